The van der Waals surface area contributed by atoms with Crippen molar-refractivity contribution >= 4 is 0 Å². The summed E-state index contributed by atoms with van der Waals surface area (Å²) in [4.78, 5) is 3.89. The van der Waals surface area contributed by atoms with Gasteiger partial charge in [0.15, 0.2) is 0 Å². The number of aromatic nitrogens is 1. The summed E-state index contributed by atoms with van der Waals surface area (Å²) in [7, 11) is 0. The largest absolute Gasteiger partial charge is 0.416 e. The Labute approximate surface area is 108 Å². The van der Waals surface area contributed by atoms with E-state index in [0.717, 1.165) is 12.1 Å². The highest BCUT2D eigenvalue weighted by Gasteiger charge is 2.31. The standard InChI is InChI=1S/C14H9F3N2/c15-14(16,17)12-4-3-10(5-6-18)13(8-12)11-2-1-7-19-9-11/h1-4,7-9H,5H2. The van der Waals surface area contributed by atoms with E-state index in [2.05, 4.69) is 4.98 Å². The van der Waals surface area contributed by atoms with Gasteiger partial charge in [-0.25, -0.2) is 0 Å². The van der Waals surface area contributed by atoms with Gasteiger partial charge in [-0.2, -0.15) is 18.4 Å². The summed E-state index contributed by atoms with van der Waals surface area (Å²) in [6.45, 7) is 0. The molecule has 0 N–H and O–H groups in total. The van der Waals surface area contributed by atoms with Crippen molar-refractivity contribution in [2.75, 3.05) is 0 Å². The van der Waals surface area contributed by atoms with Gasteiger partial charge in [-0.05, 0) is 29.3 Å². The zero-order valence-corrected chi connectivity index (χ0v) is 9.78. The summed E-state index contributed by atoms with van der Waals surface area (Å²) in [5, 5.41) is 8.73. The molecule has 0 atom stereocenters. The zero-order valence-electron chi connectivity index (χ0n) is 9.78. The monoisotopic (exact) mass is 262 g/mol. The van der Waals surface area contributed by atoms with Crippen LogP contribution in [0.5, 0.6) is 0 Å². The molecule has 0 aliphatic carbocycles. The Morgan fingerprint density at radius 1 is 1.21 bits per heavy atom. The summed E-state index contributed by atoms with van der Waals surface area (Å²) in [6, 6.07) is 8.66. The topological polar surface area (TPSA) is 36.7 Å². The Balaban J connectivity index is 2.58. The zero-order chi connectivity index (χ0) is 13.9. The maximum atomic E-state index is 12.7. The number of benzene rings is 1. The lowest BCUT2D eigenvalue weighted by Crippen LogP contribution is -2.05. The average Bonchev–Trinajstić information content (AvgIpc) is 2.39. The van der Waals surface area contributed by atoms with E-state index >= 15 is 0 Å². The van der Waals surface area contributed by atoms with E-state index in [1.807, 2.05) is 6.07 Å². The van der Waals surface area contributed by atoms with Gasteiger partial charge in [0.1, 0.15) is 0 Å². The van der Waals surface area contributed by atoms with Crippen molar-refractivity contribution in [1.82, 2.24) is 4.98 Å². The molecule has 1 aromatic heterocycles. The van der Waals surface area contributed by atoms with Crippen LogP contribution >= 0.6 is 0 Å². The Bertz CT molecular complexity index is 613. The highest BCUT2D eigenvalue weighted by atomic mass is 19.4. The molecule has 0 unspecified atom stereocenters. The smallest absolute Gasteiger partial charge is 0.264 e. The Hall–Kier alpha value is -2.35. The third-order valence-electron chi connectivity index (χ3n) is 2.68. The van der Waals surface area contributed by atoms with Gasteiger partial charge in [0.05, 0.1) is 18.1 Å². The molecule has 96 valence electrons. The summed E-state index contributed by atoms with van der Waals surface area (Å²) < 4.78 is 38.2. The fourth-order valence-electron chi connectivity index (χ4n) is 1.78. The molecule has 0 amide bonds. The lowest BCUT2D eigenvalue weighted by molar-refractivity contribution is -0.137. The third kappa shape index (κ3) is 2.91. The van der Waals surface area contributed by atoms with E-state index in [-0.39, 0.29) is 6.42 Å². The molecule has 0 aliphatic heterocycles. The van der Waals surface area contributed by atoms with Gasteiger partial charge in [0.25, 0.3) is 0 Å². The normalized spacial score (nSPS) is 11.1. The van der Waals surface area contributed by atoms with Crippen LogP contribution in [-0.4, -0.2) is 4.98 Å². The molecular formula is C14H9F3N2. The van der Waals surface area contributed by atoms with Crippen molar-refractivity contribution in [3.63, 3.8) is 0 Å². The first kappa shape index (κ1) is 13.1. The van der Waals surface area contributed by atoms with Crippen molar-refractivity contribution in [2.24, 2.45) is 0 Å². The van der Waals surface area contributed by atoms with Gasteiger partial charge < -0.3 is 0 Å². The first-order valence-electron chi connectivity index (χ1n) is 5.50. The SMILES string of the molecule is N#CCc1ccc(C(F)(F)F)cc1-c1cccnc1. The molecule has 1 heterocycles. The average molecular weight is 262 g/mol. The van der Waals surface area contributed by atoms with Crippen LogP contribution in [0.2, 0.25) is 0 Å². The number of hydrogen-bond acceptors (Lipinski definition) is 2. The molecule has 0 spiro atoms. The quantitative estimate of drug-likeness (QED) is 0.824. The number of nitrogens with zero attached hydrogens (tertiary/aromatic N) is 2. The maximum Gasteiger partial charge on any atom is 0.416 e. The highest BCUT2D eigenvalue weighted by molar-refractivity contribution is 5.68. The summed E-state index contributed by atoms with van der Waals surface area (Å²) in [5.74, 6) is 0. The number of alkyl halides is 3. The lowest BCUT2D eigenvalue weighted by atomic mass is 9.96. The van der Waals surface area contributed by atoms with E-state index in [4.69, 9.17) is 5.26 Å². The van der Waals surface area contributed by atoms with Gasteiger partial charge in [0, 0.05) is 18.0 Å². The van der Waals surface area contributed by atoms with E-state index in [1.165, 1.54) is 12.3 Å². The highest BCUT2D eigenvalue weighted by Crippen LogP contribution is 2.33. The first-order valence-corrected chi connectivity index (χ1v) is 5.50. The molecule has 1 aromatic carbocycles. The number of pyridine rings is 1. The predicted octanol–water partition coefficient (Wildman–Crippen LogP) is 3.83. The Kier molecular flexibility index (Phi) is 3.52. The van der Waals surface area contributed by atoms with E-state index in [0.29, 0.717) is 16.7 Å². The molecule has 0 bridgehead atoms. The van der Waals surface area contributed by atoms with Crippen molar-refractivity contribution < 1.29 is 13.2 Å². The van der Waals surface area contributed by atoms with E-state index < -0.39 is 11.7 Å². The fourth-order valence-corrected chi connectivity index (χ4v) is 1.78. The molecule has 2 rings (SSSR count). The Morgan fingerprint density at radius 3 is 2.58 bits per heavy atom. The predicted molar refractivity (Wildman–Crippen MR) is 64.0 cm³/mol. The van der Waals surface area contributed by atoms with Crippen molar-refractivity contribution in [3.05, 3.63) is 53.9 Å². The minimum absolute atomic E-state index is 0.0579. The van der Waals surface area contributed by atoms with Crippen LogP contribution in [0.15, 0.2) is 42.7 Å². The third-order valence-corrected chi connectivity index (χ3v) is 2.68. The molecule has 0 fully saturated rings. The van der Waals surface area contributed by atoms with Crippen LogP contribution < -0.4 is 0 Å². The first-order chi connectivity index (χ1) is 9.02. The van der Waals surface area contributed by atoms with E-state index in [9.17, 15) is 13.2 Å². The maximum absolute atomic E-state index is 12.7. The van der Waals surface area contributed by atoms with Gasteiger partial charge in [0.2, 0.25) is 0 Å². The summed E-state index contributed by atoms with van der Waals surface area (Å²) in [6.07, 6.45) is -1.32. The molecule has 0 radical (unpaired) electrons. The summed E-state index contributed by atoms with van der Waals surface area (Å²) >= 11 is 0. The van der Waals surface area contributed by atoms with Crippen molar-refractivity contribution in [2.45, 2.75) is 12.6 Å². The van der Waals surface area contributed by atoms with Crippen LogP contribution in [0.3, 0.4) is 0 Å². The second-order valence-corrected chi connectivity index (χ2v) is 3.95. The second kappa shape index (κ2) is 5.11. The molecule has 0 saturated heterocycles. The van der Waals surface area contributed by atoms with Gasteiger partial charge >= 0.3 is 6.18 Å². The molecule has 2 nitrogen and oxygen atoms in total. The molecule has 19 heavy (non-hydrogen) atoms. The van der Waals surface area contributed by atoms with Crippen LogP contribution in [0.1, 0.15) is 11.1 Å². The molecular weight excluding hydrogens is 253 g/mol. The van der Waals surface area contributed by atoms with Crippen LogP contribution in [0.4, 0.5) is 13.2 Å². The lowest BCUT2D eigenvalue weighted by Gasteiger charge is -2.12. The summed E-state index contributed by atoms with van der Waals surface area (Å²) in [5.41, 5.74) is 0.792. The minimum atomic E-state index is -4.40. The van der Waals surface area contributed by atoms with E-state index in [1.54, 1.807) is 18.3 Å². The van der Waals surface area contributed by atoms with Crippen molar-refractivity contribution in [3.8, 4) is 17.2 Å². The van der Waals surface area contributed by atoms with Gasteiger partial charge in [-0.1, -0.05) is 12.1 Å². The van der Waals surface area contributed by atoms with Crippen LogP contribution in [0.25, 0.3) is 11.1 Å². The molecule has 2 aromatic rings. The second-order valence-electron chi connectivity index (χ2n) is 3.95. The number of nitriles is 1. The van der Waals surface area contributed by atoms with Crippen LogP contribution in [0, 0.1) is 11.3 Å². The molecule has 5 heteroatoms. The van der Waals surface area contributed by atoms with Gasteiger partial charge in [-0.15, -0.1) is 0 Å². The number of rotatable bonds is 2. The van der Waals surface area contributed by atoms with Crippen LogP contribution in [-0.2, 0) is 12.6 Å². The number of hydrogen-bond donors (Lipinski definition) is 0. The fraction of sp³-hybridized carbons (Fsp3) is 0.143. The minimum Gasteiger partial charge on any atom is -0.264 e. The number of halogens is 3. The Morgan fingerprint density at radius 2 is 2.00 bits per heavy atom. The van der Waals surface area contributed by atoms with Gasteiger partial charge in [-0.3, -0.25) is 4.98 Å². The van der Waals surface area contributed by atoms with Crippen molar-refractivity contribution in [1.29, 1.82) is 5.26 Å². The molecule has 0 aliphatic rings. The molecule has 0 saturated carbocycles.